The summed E-state index contributed by atoms with van der Waals surface area (Å²) in [5, 5.41) is 0. The Morgan fingerprint density at radius 3 is 2.70 bits per heavy atom. The van der Waals surface area contributed by atoms with Gasteiger partial charge in [-0.2, -0.15) is 0 Å². The summed E-state index contributed by atoms with van der Waals surface area (Å²) in [6.07, 6.45) is 7.58. The molecule has 0 radical (unpaired) electrons. The summed E-state index contributed by atoms with van der Waals surface area (Å²) in [5.41, 5.74) is 0. The van der Waals surface area contributed by atoms with Crippen LogP contribution in [0, 0.1) is 0 Å². The number of hydrogen-bond donors (Lipinski definition) is 0. The van der Waals surface area contributed by atoms with Crippen LogP contribution in [-0.2, 0) is 9.53 Å². The van der Waals surface area contributed by atoms with Gasteiger partial charge in [0, 0.05) is 6.08 Å². The fraction of sp³-hybridized carbons (Fsp3) is 0.125. The summed E-state index contributed by atoms with van der Waals surface area (Å²) < 4.78 is 4.39. The molecule has 0 bridgehead atoms. The standard InChI is InChI=1S/C8H10O2/c1-3-5-6-7-8(9)10-4-2/h3-7H,2H2,1H3. The van der Waals surface area contributed by atoms with E-state index < -0.39 is 5.97 Å². The van der Waals surface area contributed by atoms with Gasteiger partial charge in [0.05, 0.1) is 6.26 Å². The molecule has 0 rings (SSSR count). The van der Waals surface area contributed by atoms with E-state index >= 15 is 0 Å². The fourth-order valence-electron chi connectivity index (χ4n) is 0.367. The molecule has 0 atom stereocenters. The average molecular weight is 138 g/mol. The second-order valence-electron chi connectivity index (χ2n) is 1.49. The van der Waals surface area contributed by atoms with Crippen LogP contribution in [0.15, 0.2) is 37.1 Å². The van der Waals surface area contributed by atoms with Gasteiger partial charge in [-0.15, -0.1) is 0 Å². The minimum absolute atomic E-state index is 0.409. The molecule has 2 heteroatoms. The minimum atomic E-state index is -0.409. The molecule has 0 N–H and O–H groups in total. The van der Waals surface area contributed by atoms with Gasteiger partial charge in [0.1, 0.15) is 0 Å². The lowest BCUT2D eigenvalue weighted by molar-refractivity contribution is -0.132. The van der Waals surface area contributed by atoms with Gasteiger partial charge in [-0.3, -0.25) is 0 Å². The largest absolute Gasteiger partial charge is 0.432 e. The highest BCUT2D eigenvalue weighted by molar-refractivity contribution is 5.82. The van der Waals surface area contributed by atoms with Crippen LogP contribution in [0.2, 0.25) is 0 Å². The van der Waals surface area contributed by atoms with Crippen molar-refractivity contribution in [2.24, 2.45) is 0 Å². The van der Waals surface area contributed by atoms with E-state index in [1.807, 2.05) is 13.0 Å². The molecule has 0 unspecified atom stereocenters. The molecule has 0 aliphatic carbocycles. The van der Waals surface area contributed by atoms with E-state index in [1.165, 1.54) is 6.08 Å². The molecule has 0 fully saturated rings. The van der Waals surface area contributed by atoms with E-state index in [-0.39, 0.29) is 0 Å². The minimum Gasteiger partial charge on any atom is -0.432 e. The van der Waals surface area contributed by atoms with E-state index in [9.17, 15) is 4.79 Å². The van der Waals surface area contributed by atoms with Crippen molar-refractivity contribution in [3.8, 4) is 0 Å². The van der Waals surface area contributed by atoms with Crippen LogP contribution < -0.4 is 0 Å². The van der Waals surface area contributed by atoms with Crippen LogP contribution in [0.3, 0.4) is 0 Å². The highest BCUT2D eigenvalue weighted by Crippen LogP contribution is 1.82. The lowest BCUT2D eigenvalue weighted by atomic mass is 10.4. The van der Waals surface area contributed by atoms with E-state index in [0.29, 0.717) is 0 Å². The quantitative estimate of drug-likeness (QED) is 0.257. The normalized spacial score (nSPS) is 10.5. The van der Waals surface area contributed by atoms with Crippen LogP contribution in [0.4, 0.5) is 0 Å². The molecule has 0 aromatic heterocycles. The second-order valence-corrected chi connectivity index (χ2v) is 1.49. The zero-order valence-electron chi connectivity index (χ0n) is 5.91. The first-order valence-electron chi connectivity index (χ1n) is 2.92. The molecule has 0 amide bonds. The summed E-state index contributed by atoms with van der Waals surface area (Å²) in [7, 11) is 0. The summed E-state index contributed by atoms with van der Waals surface area (Å²) in [5.74, 6) is -0.409. The van der Waals surface area contributed by atoms with Crippen LogP contribution >= 0.6 is 0 Å². The molecule has 2 nitrogen and oxygen atoms in total. The molecule has 0 aromatic rings. The van der Waals surface area contributed by atoms with Gasteiger partial charge in [-0.05, 0) is 6.92 Å². The number of allylic oxidation sites excluding steroid dienone is 3. The molecular formula is C8H10O2. The SMILES string of the molecule is C=COC(=O)C=CC=CC. The van der Waals surface area contributed by atoms with Crippen molar-refractivity contribution >= 4 is 5.97 Å². The van der Waals surface area contributed by atoms with Crippen molar-refractivity contribution in [3.63, 3.8) is 0 Å². The maximum Gasteiger partial charge on any atom is 0.335 e. The molecule has 0 aliphatic heterocycles. The van der Waals surface area contributed by atoms with Crippen LogP contribution in [0.1, 0.15) is 6.92 Å². The molecule has 0 saturated carbocycles. The number of carbonyl (C=O) groups is 1. The molecule has 0 saturated heterocycles. The third-order valence-corrected chi connectivity index (χ3v) is 0.735. The van der Waals surface area contributed by atoms with Crippen molar-refractivity contribution in [1.29, 1.82) is 0 Å². The highest BCUT2D eigenvalue weighted by atomic mass is 16.5. The Labute approximate surface area is 60.5 Å². The summed E-state index contributed by atoms with van der Waals surface area (Å²) >= 11 is 0. The van der Waals surface area contributed by atoms with E-state index in [0.717, 1.165) is 6.26 Å². The number of carbonyl (C=O) groups excluding carboxylic acids is 1. The van der Waals surface area contributed by atoms with Crippen molar-refractivity contribution in [1.82, 2.24) is 0 Å². The van der Waals surface area contributed by atoms with Gasteiger partial charge in [0.25, 0.3) is 0 Å². The van der Waals surface area contributed by atoms with Crippen molar-refractivity contribution in [3.05, 3.63) is 37.1 Å². The number of rotatable bonds is 3. The molecule has 0 spiro atoms. The fourth-order valence-corrected chi connectivity index (χ4v) is 0.367. The number of hydrogen-bond acceptors (Lipinski definition) is 2. The Hall–Kier alpha value is -1.31. The molecule has 0 aromatic carbocycles. The predicted molar refractivity (Wildman–Crippen MR) is 40.2 cm³/mol. The van der Waals surface area contributed by atoms with Crippen LogP contribution in [0.5, 0.6) is 0 Å². The van der Waals surface area contributed by atoms with Crippen molar-refractivity contribution in [2.45, 2.75) is 6.92 Å². The molecule has 10 heavy (non-hydrogen) atoms. The van der Waals surface area contributed by atoms with Gasteiger partial charge < -0.3 is 4.74 Å². The van der Waals surface area contributed by atoms with Crippen LogP contribution in [0.25, 0.3) is 0 Å². The molecule has 0 aliphatic rings. The van der Waals surface area contributed by atoms with E-state index in [2.05, 4.69) is 11.3 Å². The van der Waals surface area contributed by atoms with Crippen molar-refractivity contribution in [2.75, 3.05) is 0 Å². The maximum absolute atomic E-state index is 10.5. The second kappa shape index (κ2) is 5.82. The lowest BCUT2D eigenvalue weighted by Gasteiger charge is -1.86. The monoisotopic (exact) mass is 138 g/mol. The Balaban J connectivity index is 3.66. The molecular weight excluding hydrogens is 128 g/mol. The topological polar surface area (TPSA) is 26.3 Å². The summed E-state index contributed by atoms with van der Waals surface area (Å²) in [6.45, 7) is 5.10. The smallest absolute Gasteiger partial charge is 0.335 e. The zero-order valence-corrected chi connectivity index (χ0v) is 5.91. The number of ether oxygens (including phenoxy) is 1. The van der Waals surface area contributed by atoms with Gasteiger partial charge in [0.15, 0.2) is 0 Å². The Morgan fingerprint density at radius 1 is 1.50 bits per heavy atom. The lowest BCUT2D eigenvalue weighted by Crippen LogP contribution is -1.91. The van der Waals surface area contributed by atoms with E-state index in [4.69, 9.17) is 0 Å². The Morgan fingerprint density at radius 2 is 2.20 bits per heavy atom. The van der Waals surface area contributed by atoms with Gasteiger partial charge in [-0.1, -0.05) is 24.8 Å². The van der Waals surface area contributed by atoms with E-state index in [1.54, 1.807) is 12.2 Å². The maximum atomic E-state index is 10.5. The third kappa shape index (κ3) is 4.84. The zero-order chi connectivity index (χ0) is 7.82. The van der Waals surface area contributed by atoms with Gasteiger partial charge in [-0.25, -0.2) is 4.79 Å². The summed E-state index contributed by atoms with van der Waals surface area (Å²) in [6, 6.07) is 0. The third-order valence-electron chi connectivity index (χ3n) is 0.735. The Kier molecular flexibility index (Phi) is 5.06. The highest BCUT2D eigenvalue weighted by Gasteiger charge is 1.87. The van der Waals surface area contributed by atoms with Crippen molar-refractivity contribution < 1.29 is 9.53 Å². The predicted octanol–water partition coefficient (Wildman–Crippen LogP) is 1.81. The Bertz CT molecular complexity index is 166. The number of esters is 1. The summed E-state index contributed by atoms with van der Waals surface area (Å²) in [4.78, 5) is 10.5. The first-order chi connectivity index (χ1) is 4.81. The molecule has 0 heterocycles. The first-order valence-corrected chi connectivity index (χ1v) is 2.92. The van der Waals surface area contributed by atoms with Gasteiger partial charge >= 0.3 is 5.97 Å². The van der Waals surface area contributed by atoms with Gasteiger partial charge in [0.2, 0.25) is 0 Å². The first kappa shape index (κ1) is 8.69. The van der Waals surface area contributed by atoms with Crippen LogP contribution in [-0.4, -0.2) is 5.97 Å². The average Bonchev–Trinajstić information content (AvgIpc) is 1.89. The molecule has 54 valence electrons.